The molecule has 0 fully saturated rings. The highest BCUT2D eigenvalue weighted by Crippen LogP contribution is 2.31. The first-order chi connectivity index (χ1) is 9.99. The molecule has 2 rings (SSSR count). The van der Waals surface area contributed by atoms with Crippen molar-refractivity contribution in [3.8, 4) is 5.75 Å². The zero-order valence-corrected chi connectivity index (χ0v) is 13.2. The summed E-state index contributed by atoms with van der Waals surface area (Å²) in [5, 5.41) is 3.50. The molecule has 0 aromatic heterocycles. The molecular formula is C16H15Cl2NO2. The quantitative estimate of drug-likeness (QED) is 0.856. The van der Waals surface area contributed by atoms with Crippen LogP contribution in [0, 0.1) is 0 Å². The smallest absolute Gasteiger partial charge is 0.259 e. The Kier molecular flexibility index (Phi) is 5.10. The molecule has 5 heteroatoms. The van der Waals surface area contributed by atoms with E-state index in [1.54, 1.807) is 36.4 Å². The summed E-state index contributed by atoms with van der Waals surface area (Å²) in [5.41, 5.74) is 0.826. The van der Waals surface area contributed by atoms with Gasteiger partial charge in [0, 0.05) is 0 Å². The molecule has 0 radical (unpaired) electrons. The Bertz CT molecular complexity index is 636. The maximum Gasteiger partial charge on any atom is 0.259 e. The summed E-state index contributed by atoms with van der Waals surface area (Å²) in [5.74, 6) is 0.203. The van der Waals surface area contributed by atoms with Crippen LogP contribution in [0.1, 0.15) is 24.2 Å². The molecule has 110 valence electrons. The Morgan fingerprint density at radius 2 is 1.67 bits per heavy atom. The van der Waals surface area contributed by atoms with E-state index in [-0.39, 0.29) is 12.0 Å². The molecule has 0 unspecified atom stereocenters. The van der Waals surface area contributed by atoms with E-state index < -0.39 is 0 Å². The molecule has 1 N–H and O–H groups in total. The number of amides is 1. The van der Waals surface area contributed by atoms with Gasteiger partial charge < -0.3 is 10.1 Å². The molecular weight excluding hydrogens is 309 g/mol. The fourth-order valence-corrected chi connectivity index (χ4v) is 2.30. The number of para-hydroxylation sites is 2. The lowest BCUT2D eigenvalue weighted by Crippen LogP contribution is -2.16. The number of ether oxygens (including phenoxy) is 1. The zero-order valence-electron chi connectivity index (χ0n) is 11.7. The molecule has 1 amide bonds. The van der Waals surface area contributed by atoms with Gasteiger partial charge in [0.2, 0.25) is 0 Å². The maximum absolute atomic E-state index is 12.4. The minimum Gasteiger partial charge on any atom is -0.490 e. The second kappa shape index (κ2) is 6.83. The highest BCUT2D eigenvalue weighted by molar-refractivity contribution is 6.40. The lowest BCUT2D eigenvalue weighted by molar-refractivity contribution is 0.102. The summed E-state index contributed by atoms with van der Waals surface area (Å²) in [6.45, 7) is 3.80. The molecule has 0 heterocycles. The van der Waals surface area contributed by atoms with E-state index in [1.807, 2.05) is 19.9 Å². The van der Waals surface area contributed by atoms with Crippen molar-refractivity contribution in [1.82, 2.24) is 0 Å². The zero-order chi connectivity index (χ0) is 15.4. The van der Waals surface area contributed by atoms with Gasteiger partial charge in [0.15, 0.2) is 0 Å². The Labute approximate surface area is 133 Å². The SMILES string of the molecule is CC(C)Oc1ccccc1C(=O)Nc1c(Cl)cccc1Cl. The largest absolute Gasteiger partial charge is 0.490 e. The monoisotopic (exact) mass is 323 g/mol. The minimum absolute atomic E-state index is 0.0251. The third-order valence-corrected chi connectivity index (χ3v) is 3.33. The molecule has 0 aliphatic heterocycles. The van der Waals surface area contributed by atoms with E-state index in [4.69, 9.17) is 27.9 Å². The molecule has 21 heavy (non-hydrogen) atoms. The predicted octanol–water partition coefficient (Wildman–Crippen LogP) is 5.03. The molecule has 2 aromatic rings. The van der Waals surface area contributed by atoms with Crippen LogP contribution in [-0.2, 0) is 0 Å². The van der Waals surface area contributed by atoms with Crippen LogP contribution in [0.15, 0.2) is 42.5 Å². The van der Waals surface area contributed by atoms with Crippen molar-refractivity contribution in [1.29, 1.82) is 0 Å². The molecule has 2 aromatic carbocycles. The lowest BCUT2D eigenvalue weighted by Gasteiger charge is -2.15. The first-order valence-corrected chi connectivity index (χ1v) is 7.25. The van der Waals surface area contributed by atoms with Crippen LogP contribution < -0.4 is 10.1 Å². The topological polar surface area (TPSA) is 38.3 Å². The number of anilines is 1. The van der Waals surface area contributed by atoms with Gasteiger partial charge in [-0.25, -0.2) is 0 Å². The van der Waals surface area contributed by atoms with Gasteiger partial charge in [-0.05, 0) is 38.1 Å². The molecule has 0 aliphatic rings. The van der Waals surface area contributed by atoms with Crippen molar-refractivity contribution >= 4 is 34.8 Å². The van der Waals surface area contributed by atoms with Gasteiger partial charge in [0.1, 0.15) is 5.75 Å². The number of rotatable bonds is 4. The Morgan fingerprint density at radius 1 is 1.05 bits per heavy atom. The third kappa shape index (κ3) is 3.90. The van der Waals surface area contributed by atoms with E-state index in [9.17, 15) is 4.79 Å². The number of carbonyl (C=O) groups is 1. The van der Waals surface area contributed by atoms with Crippen LogP contribution in [0.5, 0.6) is 5.75 Å². The average molecular weight is 324 g/mol. The van der Waals surface area contributed by atoms with Crippen LogP contribution >= 0.6 is 23.2 Å². The van der Waals surface area contributed by atoms with E-state index in [1.165, 1.54) is 0 Å². The first kappa shape index (κ1) is 15.7. The van der Waals surface area contributed by atoms with Crippen LogP contribution in [0.4, 0.5) is 5.69 Å². The molecule has 3 nitrogen and oxygen atoms in total. The highest BCUT2D eigenvalue weighted by Gasteiger charge is 2.15. The number of hydrogen-bond acceptors (Lipinski definition) is 2. The molecule has 0 bridgehead atoms. The summed E-state index contributed by atoms with van der Waals surface area (Å²) in [6.07, 6.45) is -0.0251. The normalized spacial score (nSPS) is 10.5. The fraction of sp³-hybridized carbons (Fsp3) is 0.188. The van der Waals surface area contributed by atoms with E-state index in [0.717, 1.165) is 0 Å². The summed E-state index contributed by atoms with van der Waals surface area (Å²) in [6, 6.07) is 12.1. The molecule has 0 atom stereocenters. The molecule has 0 saturated carbocycles. The highest BCUT2D eigenvalue weighted by atomic mass is 35.5. The number of nitrogens with one attached hydrogen (secondary N) is 1. The summed E-state index contributed by atoms with van der Waals surface area (Å²) < 4.78 is 5.64. The van der Waals surface area contributed by atoms with Crippen molar-refractivity contribution in [3.05, 3.63) is 58.1 Å². The number of hydrogen-bond donors (Lipinski definition) is 1. The van der Waals surface area contributed by atoms with Gasteiger partial charge in [-0.15, -0.1) is 0 Å². The van der Waals surface area contributed by atoms with E-state index >= 15 is 0 Å². The van der Waals surface area contributed by atoms with Crippen molar-refractivity contribution in [3.63, 3.8) is 0 Å². The van der Waals surface area contributed by atoms with Crippen LogP contribution in [0.2, 0.25) is 10.0 Å². The van der Waals surface area contributed by atoms with Gasteiger partial charge in [-0.1, -0.05) is 41.4 Å². The number of halogens is 2. The van der Waals surface area contributed by atoms with Gasteiger partial charge in [-0.3, -0.25) is 4.79 Å². The third-order valence-electron chi connectivity index (χ3n) is 2.70. The van der Waals surface area contributed by atoms with Crippen LogP contribution in [0.25, 0.3) is 0 Å². The Hall–Kier alpha value is -1.71. The molecule has 0 spiro atoms. The molecule has 0 aliphatic carbocycles. The Morgan fingerprint density at radius 3 is 2.29 bits per heavy atom. The standard InChI is InChI=1S/C16H15Cl2NO2/c1-10(2)21-14-9-4-3-6-11(14)16(20)19-15-12(17)7-5-8-13(15)18/h3-10H,1-2H3,(H,19,20). The average Bonchev–Trinajstić information content (AvgIpc) is 2.43. The van der Waals surface area contributed by atoms with Crippen molar-refractivity contribution in [2.75, 3.05) is 5.32 Å². The second-order valence-corrected chi connectivity index (χ2v) is 5.53. The van der Waals surface area contributed by atoms with E-state index in [0.29, 0.717) is 27.0 Å². The number of carbonyl (C=O) groups excluding carboxylic acids is 1. The van der Waals surface area contributed by atoms with Crippen molar-refractivity contribution in [2.24, 2.45) is 0 Å². The summed E-state index contributed by atoms with van der Waals surface area (Å²) in [4.78, 5) is 12.4. The van der Waals surface area contributed by atoms with Gasteiger partial charge >= 0.3 is 0 Å². The fourth-order valence-electron chi connectivity index (χ4n) is 1.81. The summed E-state index contributed by atoms with van der Waals surface area (Å²) in [7, 11) is 0. The number of benzene rings is 2. The van der Waals surface area contributed by atoms with Crippen molar-refractivity contribution < 1.29 is 9.53 Å². The lowest BCUT2D eigenvalue weighted by atomic mass is 10.1. The Balaban J connectivity index is 2.29. The molecule has 0 saturated heterocycles. The maximum atomic E-state index is 12.4. The minimum atomic E-state index is -0.318. The van der Waals surface area contributed by atoms with Gasteiger partial charge in [0.05, 0.1) is 27.4 Å². The van der Waals surface area contributed by atoms with Crippen LogP contribution in [0.3, 0.4) is 0 Å². The van der Waals surface area contributed by atoms with Crippen molar-refractivity contribution in [2.45, 2.75) is 20.0 Å². The van der Waals surface area contributed by atoms with E-state index in [2.05, 4.69) is 5.32 Å². The van der Waals surface area contributed by atoms with Crippen LogP contribution in [-0.4, -0.2) is 12.0 Å². The summed E-state index contributed by atoms with van der Waals surface area (Å²) >= 11 is 12.1. The van der Waals surface area contributed by atoms with Gasteiger partial charge in [-0.2, -0.15) is 0 Å². The predicted molar refractivity (Wildman–Crippen MR) is 86.6 cm³/mol. The second-order valence-electron chi connectivity index (χ2n) is 4.71. The first-order valence-electron chi connectivity index (χ1n) is 6.50. The van der Waals surface area contributed by atoms with Gasteiger partial charge in [0.25, 0.3) is 5.91 Å².